The van der Waals surface area contributed by atoms with Crippen LogP contribution in [0, 0.1) is 33.5 Å². The summed E-state index contributed by atoms with van der Waals surface area (Å²) in [5, 5.41) is 13.7. The molecule has 0 radical (unpaired) electrons. The first-order valence-electron chi connectivity index (χ1n) is 17.5. The minimum absolute atomic E-state index is 0.00261. The monoisotopic (exact) mass is 615 g/mol. The lowest BCUT2D eigenvalue weighted by Gasteiger charge is -2.70. The smallest absolute Gasteiger partial charge is 0.311 e. The van der Waals surface area contributed by atoms with E-state index in [4.69, 9.17) is 0 Å². The molecule has 45 heavy (non-hydrogen) atoms. The van der Waals surface area contributed by atoms with Gasteiger partial charge in [0.2, 0.25) is 5.78 Å². The summed E-state index contributed by atoms with van der Waals surface area (Å²) in [4.78, 5) is 43.7. The average Bonchev–Trinajstić information content (AvgIpc) is 3.38. The number of likely N-dealkylation sites (tertiary alicyclic amines) is 2. The molecule has 0 aromatic carbocycles. The molecule has 7 atom stereocenters. The summed E-state index contributed by atoms with van der Waals surface area (Å²) < 4.78 is 0. The molecule has 2 saturated heterocycles. The molecule has 2 heterocycles. The molecule has 7 heteroatoms. The van der Waals surface area contributed by atoms with Crippen LogP contribution in [-0.4, -0.2) is 70.8 Å². The van der Waals surface area contributed by atoms with Crippen LogP contribution in [0.5, 0.6) is 0 Å². The van der Waals surface area contributed by atoms with Crippen molar-refractivity contribution < 1.29 is 19.5 Å². The second-order valence-corrected chi connectivity index (χ2v) is 17.2. The molecule has 2 amide bonds. The third kappa shape index (κ3) is 4.27. The Morgan fingerprint density at radius 3 is 2.38 bits per heavy atom. The van der Waals surface area contributed by atoms with Crippen LogP contribution in [0.2, 0.25) is 0 Å². The number of rotatable bonds is 2. The van der Waals surface area contributed by atoms with Gasteiger partial charge in [0, 0.05) is 41.6 Å². The number of carbonyl (C=O) groups excluding carboxylic acids is 3. The van der Waals surface area contributed by atoms with Gasteiger partial charge in [-0.1, -0.05) is 45.4 Å². The summed E-state index contributed by atoms with van der Waals surface area (Å²) in [6.07, 6.45) is 15.5. The second-order valence-electron chi connectivity index (χ2n) is 17.2. The fraction of sp³-hybridized carbons (Fsp3) is 0.711. The molecule has 7 rings (SSSR count). The standard InChI is InChI=1S/C38H53N3O4/c1-23-25-10-11-29-36(4,26(25)19-28(42)31(23)43)15-17-38(6)30-20-35(3,14-12-34(30,2)13-16-37(29,38)5)39-32(44)33(45)41-21-24(22-41)27-9-8-18-40(27)7/h10-11,19,24,27,30,43H,8-9,12-18,20-22H2,1-7H3,(H,39,44)/t27?,30?,34?,35?,36?,37?,38-/m0/s1. The second kappa shape index (κ2) is 9.92. The largest absolute Gasteiger partial charge is 0.504 e. The van der Waals surface area contributed by atoms with Gasteiger partial charge in [0.05, 0.1) is 0 Å². The van der Waals surface area contributed by atoms with Gasteiger partial charge in [-0.2, -0.15) is 0 Å². The molecule has 5 fully saturated rings. The molecule has 7 aliphatic rings. The number of hydrogen-bond acceptors (Lipinski definition) is 5. The van der Waals surface area contributed by atoms with E-state index in [1.54, 1.807) is 11.0 Å². The van der Waals surface area contributed by atoms with Gasteiger partial charge in [-0.25, -0.2) is 0 Å². The molecular weight excluding hydrogens is 562 g/mol. The molecule has 0 spiro atoms. The number of ketones is 1. The van der Waals surface area contributed by atoms with Crippen molar-refractivity contribution in [3.05, 3.63) is 46.3 Å². The SMILES string of the molecule is CC1=C(O)C(=O)C=C2C1=CC=C1C2(C)CC[C@@]2(C)C3CC(C)(NC(=O)C(=O)N4CC(C5CCCN5C)C4)CCC3(C)CCC12C. The fourth-order valence-electron chi connectivity index (χ4n) is 11.5. The molecule has 2 aliphatic heterocycles. The number of aliphatic hydroxyl groups excluding tert-OH is 1. The summed E-state index contributed by atoms with van der Waals surface area (Å²) in [5.41, 5.74) is 3.55. The van der Waals surface area contributed by atoms with E-state index >= 15 is 0 Å². The van der Waals surface area contributed by atoms with E-state index in [1.165, 1.54) is 18.4 Å². The highest BCUT2D eigenvalue weighted by atomic mass is 16.3. The molecular formula is C38H53N3O4. The highest BCUT2D eigenvalue weighted by molar-refractivity contribution is 6.35. The molecule has 0 bridgehead atoms. The topological polar surface area (TPSA) is 89.9 Å². The molecule has 3 saturated carbocycles. The van der Waals surface area contributed by atoms with Gasteiger partial charge in [0.25, 0.3) is 0 Å². The van der Waals surface area contributed by atoms with Gasteiger partial charge >= 0.3 is 11.8 Å². The Hall–Kier alpha value is -2.67. The number of carbonyl (C=O) groups is 3. The first-order chi connectivity index (χ1) is 21.1. The lowest BCUT2D eigenvalue weighted by atomic mass is 9.35. The molecule has 2 N–H and O–H groups in total. The minimum atomic E-state index is -0.437. The van der Waals surface area contributed by atoms with Crippen LogP contribution < -0.4 is 5.32 Å². The first kappa shape index (κ1) is 31.0. The van der Waals surface area contributed by atoms with Crippen molar-refractivity contribution in [1.82, 2.24) is 15.1 Å². The highest BCUT2D eigenvalue weighted by Gasteiger charge is 2.67. The van der Waals surface area contributed by atoms with Crippen LogP contribution in [0.4, 0.5) is 0 Å². The average molecular weight is 616 g/mol. The van der Waals surface area contributed by atoms with Crippen LogP contribution in [-0.2, 0) is 14.4 Å². The zero-order chi connectivity index (χ0) is 32.3. The van der Waals surface area contributed by atoms with Crippen LogP contribution in [0.1, 0.15) is 99.3 Å². The van der Waals surface area contributed by atoms with Crippen LogP contribution in [0.15, 0.2) is 46.3 Å². The maximum absolute atomic E-state index is 13.5. The minimum Gasteiger partial charge on any atom is -0.504 e. The summed E-state index contributed by atoms with van der Waals surface area (Å²) in [5.74, 6) is -0.367. The summed E-state index contributed by atoms with van der Waals surface area (Å²) in [7, 11) is 2.17. The Labute approximate surface area is 269 Å². The van der Waals surface area contributed by atoms with Crippen LogP contribution >= 0.6 is 0 Å². The molecule has 0 aromatic heterocycles. The van der Waals surface area contributed by atoms with Crippen molar-refractivity contribution in [3.63, 3.8) is 0 Å². The number of nitrogens with one attached hydrogen (secondary N) is 1. The number of amides is 2. The van der Waals surface area contributed by atoms with E-state index in [0.29, 0.717) is 36.5 Å². The Morgan fingerprint density at radius 1 is 0.978 bits per heavy atom. The number of nitrogens with zero attached hydrogens (tertiary/aromatic N) is 2. The quantitative estimate of drug-likeness (QED) is 0.370. The summed E-state index contributed by atoms with van der Waals surface area (Å²) in [6, 6.07) is 0.535. The van der Waals surface area contributed by atoms with Gasteiger partial charge < -0.3 is 20.2 Å². The number of hydrogen-bond donors (Lipinski definition) is 2. The Balaban J connectivity index is 1.12. The van der Waals surface area contributed by atoms with Crippen molar-refractivity contribution >= 4 is 17.6 Å². The molecule has 6 unspecified atom stereocenters. The fourth-order valence-corrected chi connectivity index (χ4v) is 11.5. The van der Waals surface area contributed by atoms with Crippen molar-refractivity contribution in [2.45, 2.75) is 111 Å². The lowest BCUT2D eigenvalue weighted by Crippen LogP contribution is -2.65. The van der Waals surface area contributed by atoms with Gasteiger partial charge in [-0.3, -0.25) is 14.4 Å². The van der Waals surface area contributed by atoms with Gasteiger partial charge in [0.1, 0.15) is 0 Å². The Morgan fingerprint density at radius 2 is 1.69 bits per heavy atom. The third-order valence-corrected chi connectivity index (χ3v) is 14.8. The maximum Gasteiger partial charge on any atom is 0.311 e. The van der Waals surface area contributed by atoms with Crippen LogP contribution in [0.3, 0.4) is 0 Å². The Kier molecular flexibility index (Phi) is 6.82. The van der Waals surface area contributed by atoms with Crippen molar-refractivity contribution in [2.24, 2.45) is 33.5 Å². The van der Waals surface area contributed by atoms with E-state index in [1.807, 2.05) is 6.92 Å². The summed E-state index contributed by atoms with van der Waals surface area (Å²) in [6.45, 7) is 16.2. The lowest BCUT2D eigenvalue weighted by molar-refractivity contribution is -0.161. The molecule has 5 aliphatic carbocycles. The zero-order valence-electron chi connectivity index (χ0n) is 28.5. The summed E-state index contributed by atoms with van der Waals surface area (Å²) >= 11 is 0. The molecule has 244 valence electrons. The highest BCUT2D eigenvalue weighted by Crippen LogP contribution is 2.75. The predicted molar refractivity (Wildman–Crippen MR) is 175 cm³/mol. The van der Waals surface area contributed by atoms with Crippen LogP contribution in [0.25, 0.3) is 0 Å². The number of fused-ring (bicyclic) bond motifs is 7. The predicted octanol–water partition coefficient (Wildman–Crippen LogP) is 6.03. The van der Waals surface area contributed by atoms with Gasteiger partial charge in [-0.15, -0.1) is 0 Å². The van der Waals surface area contributed by atoms with Crippen molar-refractivity contribution in [2.75, 3.05) is 26.7 Å². The normalized spacial score (nSPS) is 43.2. The molecule has 0 aromatic rings. The number of aliphatic hydroxyl groups is 1. The van der Waals surface area contributed by atoms with Gasteiger partial charge in [-0.05, 0) is 125 Å². The van der Waals surface area contributed by atoms with Crippen molar-refractivity contribution in [3.8, 4) is 0 Å². The Bertz CT molecular complexity index is 1500. The zero-order valence-corrected chi connectivity index (χ0v) is 28.5. The van der Waals surface area contributed by atoms with E-state index in [2.05, 4.69) is 64.0 Å². The van der Waals surface area contributed by atoms with E-state index in [-0.39, 0.29) is 39.1 Å². The van der Waals surface area contributed by atoms with E-state index in [0.717, 1.165) is 62.6 Å². The van der Waals surface area contributed by atoms with Crippen molar-refractivity contribution in [1.29, 1.82) is 0 Å². The van der Waals surface area contributed by atoms with E-state index in [9.17, 15) is 19.5 Å². The third-order valence-electron chi connectivity index (χ3n) is 14.8. The first-order valence-corrected chi connectivity index (χ1v) is 17.5. The van der Waals surface area contributed by atoms with E-state index < -0.39 is 11.4 Å². The molecule has 7 nitrogen and oxygen atoms in total. The number of allylic oxidation sites excluding steroid dienone is 7. The van der Waals surface area contributed by atoms with Gasteiger partial charge in [0.15, 0.2) is 5.76 Å². The maximum atomic E-state index is 13.5.